The van der Waals surface area contributed by atoms with E-state index in [4.69, 9.17) is 37.4 Å². The molecule has 0 bridgehead atoms. The van der Waals surface area contributed by atoms with Gasteiger partial charge in [-0.1, -0.05) is 23.2 Å². The lowest BCUT2D eigenvalue weighted by molar-refractivity contribution is -0.0394. The first-order valence-corrected chi connectivity index (χ1v) is 9.22. The molecule has 0 aliphatic carbocycles. The number of hydrogen-bond acceptors (Lipinski definition) is 5. The number of halogens is 2. The van der Waals surface area contributed by atoms with E-state index >= 15 is 0 Å². The van der Waals surface area contributed by atoms with Gasteiger partial charge in [0.2, 0.25) is 0 Å². The topological polar surface area (TPSA) is 61.8 Å². The lowest BCUT2D eigenvalue weighted by Crippen LogP contribution is -2.32. The van der Waals surface area contributed by atoms with Gasteiger partial charge in [-0.15, -0.1) is 0 Å². The van der Waals surface area contributed by atoms with Crippen molar-refractivity contribution in [2.24, 2.45) is 0 Å². The lowest BCUT2D eigenvalue weighted by atomic mass is 10.1. The highest BCUT2D eigenvalue weighted by atomic mass is 35.5. The van der Waals surface area contributed by atoms with Crippen molar-refractivity contribution >= 4 is 35.1 Å². The summed E-state index contributed by atoms with van der Waals surface area (Å²) < 4.78 is 16.6. The zero-order chi connectivity index (χ0) is 19.4. The molecule has 3 atom stereocenters. The Morgan fingerprint density at radius 1 is 0.963 bits per heavy atom. The Morgan fingerprint density at radius 2 is 1.48 bits per heavy atom. The number of rotatable bonds is 5. The van der Waals surface area contributed by atoms with Crippen molar-refractivity contribution in [3.8, 4) is 0 Å². The molecule has 0 N–H and O–H groups in total. The molecule has 3 unspecified atom stereocenters. The molecular formula is C20H18Cl2O5. The summed E-state index contributed by atoms with van der Waals surface area (Å²) in [6.45, 7) is 1.87. The summed E-state index contributed by atoms with van der Waals surface area (Å²) in [5, 5.41) is 1.07. The summed E-state index contributed by atoms with van der Waals surface area (Å²) in [5.41, 5.74) is 0.788. The number of carbonyl (C=O) groups is 2. The SMILES string of the molecule is CC1CC(OC(=O)c2ccc(Cl)cc2)C(COC(=O)c2ccc(Cl)cc2)O1. The van der Waals surface area contributed by atoms with E-state index in [2.05, 4.69) is 0 Å². The molecular weight excluding hydrogens is 391 g/mol. The molecule has 1 aliphatic rings. The van der Waals surface area contributed by atoms with Crippen LogP contribution in [0.4, 0.5) is 0 Å². The monoisotopic (exact) mass is 408 g/mol. The molecule has 0 saturated carbocycles. The van der Waals surface area contributed by atoms with E-state index < -0.39 is 24.1 Å². The van der Waals surface area contributed by atoms with Crippen LogP contribution in [0.15, 0.2) is 48.5 Å². The molecule has 0 amide bonds. The standard InChI is InChI=1S/C20H18Cl2O5/c1-12-10-17(27-20(24)14-4-8-16(22)9-5-14)18(26-12)11-25-19(23)13-2-6-15(21)7-3-13/h2-9,12,17-18H,10-11H2,1H3. The van der Waals surface area contributed by atoms with Crippen molar-refractivity contribution in [3.05, 3.63) is 69.7 Å². The summed E-state index contributed by atoms with van der Waals surface area (Å²) in [5.74, 6) is -0.957. The van der Waals surface area contributed by atoms with Crippen molar-refractivity contribution < 1.29 is 23.8 Å². The normalized spacial score (nSPS) is 21.7. The predicted octanol–water partition coefficient (Wildman–Crippen LogP) is 4.55. The van der Waals surface area contributed by atoms with Crippen molar-refractivity contribution in [2.75, 3.05) is 6.61 Å². The van der Waals surface area contributed by atoms with Gasteiger partial charge >= 0.3 is 11.9 Å². The van der Waals surface area contributed by atoms with Crippen LogP contribution in [0.3, 0.4) is 0 Å². The van der Waals surface area contributed by atoms with Crippen LogP contribution in [0.1, 0.15) is 34.1 Å². The van der Waals surface area contributed by atoms with Gasteiger partial charge in [-0.3, -0.25) is 0 Å². The molecule has 142 valence electrons. The van der Waals surface area contributed by atoms with Crippen LogP contribution >= 0.6 is 23.2 Å². The van der Waals surface area contributed by atoms with E-state index in [9.17, 15) is 9.59 Å². The molecule has 5 nitrogen and oxygen atoms in total. The highest BCUT2D eigenvalue weighted by Gasteiger charge is 2.37. The second-order valence-electron chi connectivity index (χ2n) is 6.28. The third-order valence-electron chi connectivity index (χ3n) is 4.18. The minimum Gasteiger partial charge on any atom is -0.459 e. The Balaban J connectivity index is 1.58. The van der Waals surface area contributed by atoms with Gasteiger partial charge in [0.25, 0.3) is 0 Å². The molecule has 1 heterocycles. The fourth-order valence-corrected chi connectivity index (χ4v) is 3.06. The van der Waals surface area contributed by atoms with Crippen LogP contribution in [-0.4, -0.2) is 36.9 Å². The Morgan fingerprint density at radius 3 is 2.04 bits per heavy atom. The zero-order valence-electron chi connectivity index (χ0n) is 14.6. The van der Waals surface area contributed by atoms with E-state index in [0.717, 1.165) is 0 Å². The second-order valence-corrected chi connectivity index (χ2v) is 7.15. The van der Waals surface area contributed by atoms with Crippen molar-refractivity contribution in [1.29, 1.82) is 0 Å². The molecule has 0 aromatic heterocycles. The van der Waals surface area contributed by atoms with E-state index in [1.54, 1.807) is 48.5 Å². The number of ether oxygens (including phenoxy) is 3. The average Bonchev–Trinajstić information content (AvgIpc) is 3.00. The Labute approximate surface area is 167 Å². The summed E-state index contributed by atoms with van der Waals surface area (Å²) >= 11 is 11.6. The van der Waals surface area contributed by atoms with Gasteiger partial charge in [-0.2, -0.15) is 0 Å². The maximum Gasteiger partial charge on any atom is 0.338 e. The predicted molar refractivity (Wildman–Crippen MR) is 101 cm³/mol. The minimum absolute atomic E-state index is 0.00956. The third kappa shape index (κ3) is 5.22. The molecule has 2 aromatic carbocycles. The molecule has 1 saturated heterocycles. The molecule has 27 heavy (non-hydrogen) atoms. The molecule has 1 aliphatic heterocycles. The van der Waals surface area contributed by atoms with Gasteiger partial charge in [-0.05, 0) is 55.5 Å². The summed E-state index contributed by atoms with van der Waals surface area (Å²) in [6, 6.07) is 12.8. The number of carbonyl (C=O) groups excluding carboxylic acids is 2. The van der Waals surface area contributed by atoms with Crippen molar-refractivity contribution in [2.45, 2.75) is 31.7 Å². The van der Waals surface area contributed by atoms with Crippen LogP contribution in [0.2, 0.25) is 10.0 Å². The van der Waals surface area contributed by atoms with Crippen LogP contribution in [0, 0.1) is 0 Å². The Kier molecular flexibility index (Phi) is 6.37. The first kappa shape index (κ1) is 19.7. The lowest BCUT2D eigenvalue weighted by Gasteiger charge is -2.19. The molecule has 1 fully saturated rings. The summed E-state index contributed by atoms with van der Waals surface area (Å²) in [6.07, 6.45) is -0.594. The quantitative estimate of drug-likeness (QED) is 0.678. The number of benzene rings is 2. The first-order valence-electron chi connectivity index (χ1n) is 8.47. The second kappa shape index (κ2) is 8.74. The smallest absolute Gasteiger partial charge is 0.338 e. The molecule has 0 radical (unpaired) electrons. The minimum atomic E-state index is -0.521. The largest absolute Gasteiger partial charge is 0.459 e. The Hall–Kier alpha value is -2.08. The van der Waals surface area contributed by atoms with E-state index in [-0.39, 0.29) is 12.7 Å². The number of hydrogen-bond donors (Lipinski definition) is 0. The van der Waals surface area contributed by atoms with Gasteiger partial charge < -0.3 is 14.2 Å². The summed E-state index contributed by atoms with van der Waals surface area (Å²) in [7, 11) is 0. The molecule has 3 rings (SSSR count). The van der Waals surface area contributed by atoms with Gasteiger partial charge in [0.15, 0.2) is 0 Å². The zero-order valence-corrected chi connectivity index (χ0v) is 16.1. The van der Waals surface area contributed by atoms with Gasteiger partial charge in [-0.25, -0.2) is 9.59 Å². The van der Waals surface area contributed by atoms with Crippen LogP contribution in [-0.2, 0) is 14.2 Å². The van der Waals surface area contributed by atoms with Gasteiger partial charge in [0.1, 0.15) is 18.8 Å². The fraction of sp³-hybridized carbons (Fsp3) is 0.300. The highest BCUT2D eigenvalue weighted by molar-refractivity contribution is 6.30. The van der Waals surface area contributed by atoms with Crippen LogP contribution < -0.4 is 0 Å². The van der Waals surface area contributed by atoms with Crippen LogP contribution in [0.25, 0.3) is 0 Å². The maximum atomic E-state index is 12.3. The van der Waals surface area contributed by atoms with E-state index in [1.807, 2.05) is 6.92 Å². The summed E-state index contributed by atoms with van der Waals surface area (Å²) in [4.78, 5) is 24.4. The van der Waals surface area contributed by atoms with E-state index in [0.29, 0.717) is 27.6 Å². The molecule has 7 heteroatoms. The maximum absolute atomic E-state index is 12.3. The van der Waals surface area contributed by atoms with Gasteiger partial charge in [0, 0.05) is 16.5 Å². The first-order chi connectivity index (χ1) is 12.9. The Bertz CT molecular complexity index is 804. The average molecular weight is 409 g/mol. The fourth-order valence-electron chi connectivity index (χ4n) is 2.81. The third-order valence-corrected chi connectivity index (χ3v) is 4.69. The van der Waals surface area contributed by atoms with E-state index in [1.165, 1.54) is 0 Å². The van der Waals surface area contributed by atoms with Gasteiger partial charge in [0.05, 0.1) is 17.2 Å². The van der Waals surface area contributed by atoms with Crippen LogP contribution in [0.5, 0.6) is 0 Å². The highest BCUT2D eigenvalue weighted by Crippen LogP contribution is 2.25. The molecule has 2 aromatic rings. The number of esters is 2. The van der Waals surface area contributed by atoms with Crippen molar-refractivity contribution in [3.63, 3.8) is 0 Å². The molecule has 0 spiro atoms. The van der Waals surface area contributed by atoms with Crippen molar-refractivity contribution in [1.82, 2.24) is 0 Å².